The van der Waals surface area contributed by atoms with Crippen molar-refractivity contribution in [1.82, 2.24) is 10.4 Å². The number of pyridine rings is 1. The summed E-state index contributed by atoms with van der Waals surface area (Å²) < 4.78 is 0. The third-order valence-corrected chi connectivity index (χ3v) is 4.44. The Kier molecular flexibility index (Phi) is 5.95. The molecule has 0 aliphatic heterocycles. The van der Waals surface area contributed by atoms with Crippen LogP contribution in [0, 0.1) is 0 Å². The predicted octanol–water partition coefficient (Wildman–Crippen LogP) is 4.69. The molecule has 0 unspecified atom stereocenters. The number of carbonyl (C=O) groups is 1. The molecular weight excluding hydrogens is 405 g/mol. The number of amides is 1. The van der Waals surface area contributed by atoms with Crippen LogP contribution in [0.2, 0.25) is 25.2 Å². The topological polar surface area (TPSA) is 80.4 Å². The van der Waals surface area contributed by atoms with Gasteiger partial charge in [0.1, 0.15) is 5.02 Å². The number of anilines is 1. The molecule has 0 fully saturated rings. The highest BCUT2D eigenvalue weighted by molar-refractivity contribution is 6.46. The van der Waals surface area contributed by atoms with Crippen molar-refractivity contribution < 1.29 is 4.79 Å². The lowest BCUT2D eigenvalue weighted by atomic mass is 10.2. The van der Waals surface area contributed by atoms with Gasteiger partial charge in [-0.25, -0.2) is 10.4 Å². The number of nitrogen functional groups attached to an aromatic ring is 1. The quantitative estimate of drug-likeness (QED) is 0.436. The lowest BCUT2D eigenvalue weighted by Crippen LogP contribution is -2.20. The summed E-state index contributed by atoms with van der Waals surface area (Å²) >= 11 is 29.4. The van der Waals surface area contributed by atoms with Crippen molar-refractivity contribution in [2.75, 3.05) is 5.73 Å². The van der Waals surface area contributed by atoms with Crippen molar-refractivity contribution in [2.45, 2.75) is 0 Å². The zero-order valence-electron chi connectivity index (χ0n) is 11.1. The van der Waals surface area contributed by atoms with Crippen LogP contribution in [0.5, 0.6) is 0 Å². The van der Waals surface area contributed by atoms with Crippen LogP contribution >= 0.6 is 58.0 Å². The highest BCUT2D eigenvalue weighted by Gasteiger charge is 2.19. The number of hydrogen-bond donors (Lipinski definition) is 2. The molecule has 2 aromatic rings. The summed E-state index contributed by atoms with van der Waals surface area (Å²) in [6.07, 6.45) is 1.29. The molecule has 0 aliphatic carbocycles. The van der Waals surface area contributed by atoms with E-state index in [4.69, 9.17) is 63.7 Å². The highest BCUT2D eigenvalue weighted by Crippen LogP contribution is 2.34. The number of nitrogens with two attached hydrogens (primary N) is 1. The van der Waals surface area contributed by atoms with Gasteiger partial charge in [-0.3, -0.25) is 4.79 Å². The van der Waals surface area contributed by atoms with Gasteiger partial charge < -0.3 is 5.73 Å². The van der Waals surface area contributed by atoms with Crippen LogP contribution in [0.1, 0.15) is 16.1 Å². The first-order valence-electron chi connectivity index (χ1n) is 5.90. The molecule has 1 aromatic carbocycles. The van der Waals surface area contributed by atoms with E-state index in [2.05, 4.69) is 15.5 Å². The van der Waals surface area contributed by atoms with E-state index < -0.39 is 5.91 Å². The number of nitrogens with zero attached hydrogens (tertiary/aromatic N) is 2. The SMILES string of the molecule is Nc1c(Cl)c(Cl)nc(C(=O)N/N=C/c2c(Cl)cccc2Cl)c1Cl. The van der Waals surface area contributed by atoms with Gasteiger partial charge in [-0.15, -0.1) is 0 Å². The minimum atomic E-state index is -0.723. The Morgan fingerprint density at radius 2 is 1.74 bits per heavy atom. The Morgan fingerprint density at radius 1 is 1.13 bits per heavy atom. The molecule has 10 heteroatoms. The molecule has 0 atom stereocenters. The summed E-state index contributed by atoms with van der Waals surface area (Å²) in [5, 5.41) is 4.22. The van der Waals surface area contributed by atoms with Crippen molar-refractivity contribution in [3.05, 3.63) is 54.7 Å². The molecule has 0 saturated heterocycles. The minimum Gasteiger partial charge on any atom is -0.396 e. The van der Waals surface area contributed by atoms with Gasteiger partial charge >= 0.3 is 0 Å². The highest BCUT2D eigenvalue weighted by atomic mass is 35.5. The van der Waals surface area contributed by atoms with Crippen LogP contribution in [0.25, 0.3) is 0 Å². The molecule has 0 bridgehead atoms. The Labute approximate surface area is 156 Å². The summed E-state index contributed by atoms with van der Waals surface area (Å²) in [5.41, 5.74) is 8.06. The van der Waals surface area contributed by atoms with E-state index in [0.29, 0.717) is 15.6 Å². The molecular formula is C13H7Cl5N4O. The van der Waals surface area contributed by atoms with Crippen molar-refractivity contribution in [1.29, 1.82) is 0 Å². The van der Waals surface area contributed by atoms with E-state index in [0.717, 1.165) is 0 Å². The molecule has 5 nitrogen and oxygen atoms in total. The lowest BCUT2D eigenvalue weighted by Gasteiger charge is -2.07. The Hall–Kier alpha value is -1.24. The second-order valence-corrected chi connectivity index (χ2v) is 6.06. The number of rotatable bonds is 3. The first-order chi connectivity index (χ1) is 10.8. The summed E-state index contributed by atoms with van der Waals surface area (Å²) in [6, 6.07) is 4.95. The number of aromatic nitrogens is 1. The first-order valence-corrected chi connectivity index (χ1v) is 7.79. The molecule has 3 N–H and O–H groups in total. The van der Waals surface area contributed by atoms with Crippen LogP contribution < -0.4 is 11.2 Å². The summed E-state index contributed by atoms with van der Waals surface area (Å²) in [7, 11) is 0. The Morgan fingerprint density at radius 3 is 2.35 bits per heavy atom. The average Bonchev–Trinajstić information content (AvgIpc) is 2.51. The number of nitrogens with one attached hydrogen (secondary N) is 1. The molecule has 0 spiro atoms. The van der Waals surface area contributed by atoms with Gasteiger partial charge in [0, 0.05) is 5.56 Å². The molecule has 1 amide bonds. The third kappa shape index (κ3) is 4.00. The summed E-state index contributed by atoms with van der Waals surface area (Å²) in [5.74, 6) is -0.723. The van der Waals surface area contributed by atoms with Crippen molar-refractivity contribution in [3.8, 4) is 0 Å². The molecule has 0 aliphatic rings. The van der Waals surface area contributed by atoms with E-state index in [1.807, 2.05) is 0 Å². The maximum Gasteiger partial charge on any atom is 0.291 e. The van der Waals surface area contributed by atoms with Gasteiger partial charge in [0.15, 0.2) is 10.8 Å². The van der Waals surface area contributed by atoms with Crippen LogP contribution in [0.3, 0.4) is 0 Å². The van der Waals surface area contributed by atoms with E-state index in [1.54, 1.807) is 18.2 Å². The average molecular weight is 412 g/mol. The van der Waals surface area contributed by atoms with Gasteiger partial charge in [0.05, 0.1) is 27.0 Å². The van der Waals surface area contributed by atoms with E-state index in [9.17, 15) is 4.79 Å². The van der Waals surface area contributed by atoms with Gasteiger partial charge in [-0.1, -0.05) is 64.1 Å². The fraction of sp³-hybridized carbons (Fsp3) is 0. The molecule has 1 heterocycles. The lowest BCUT2D eigenvalue weighted by molar-refractivity contribution is 0.0950. The normalized spacial score (nSPS) is 11.0. The monoisotopic (exact) mass is 410 g/mol. The van der Waals surface area contributed by atoms with Crippen molar-refractivity contribution in [3.63, 3.8) is 0 Å². The molecule has 0 radical (unpaired) electrons. The van der Waals surface area contributed by atoms with Crippen molar-refractivity contribution in [2.24, 2.45) is 5.10 Å². The van der Waals surface area contributed by atoms with Crippen molar-refractivity contribution >= 4 is 75.8 Å². The van der Waals surface area contributed by atoms with Crippen LogP contribution in [0.4, 0.5) is 5.69 Å². The number of halogens is 5. The largest absolute Gasteiger partial charge is 0.396 e. The predicted molar refractivity (Wildman–Crippen MR) is 95.2 cm³/mol. The number of hydrogen-bond acceptors (Lipinski definition) is 4. The van der Waals surface area contributed by atoms with Gasteiger partial charge in [-0.05, 0) is 12.1 Å². The number of hydrazone groups is 1. The van der Waals surface area contributed by atoms with Gasteiger partial charge in [0.2, 0.25) is 0 Å². The van der Waals surface area contributed by atoms with Crippen LogP contribution in [-0.4, -0.2) is 17.1 Å². The number of benzene rings is 1. The molecule has 23 heavy (non-hydrogen) atoms. The van der Waals surface area contributed by atoms with E-state index in [1.165, 1.54) is 6.21 Å². The smallest absolute Gasteiger partial charge is 0.291 e. The first kappa shape index (κ1) is 18.1. The van der Waals surface area contributed by atoms with Gasteiger partial charge in [0.25, 0.3) is 5.91 Å². The zero-order valence-corrected chi connectivity index (χ0v) is 14.9. The fourth-order valence-corrected chi connectivity index (χ4v) is 2.61. The molecule has 120 valence electrons. The standard InChI is InChI=1S/C13H7Cl5N4O/c14-6-2-1-3-7(15)5(6)4-20-22-13(23)11-8(16)10(19)9(17)12(18)21-11/h1-4H,(H2,19,21)(H,22,23)/b20-4+. The van der Waals surface area contributed by atoms with Gasteiger partial charge in [-0.2, -0.15) is 5.10 Å². The van der Waals surface area contributed by atoms with Crippen LogP contribution in [0.15, 0.2) is 23.3 Å². The van der Waals surface area contributed by atoms with E-state index >= 15 is 0 Å². The fourth-order valence-electron chi connectivity index (χ4n) is 1.52. The summed E-state index contributed by atoms with van der Waals surface area (Å²) in [6.45, 7) is 0. The maximum atomic E-state index is 12.0. The Balaban J connectivity index is 2.22. The maximum absolute atomic E-state index is 12.0. The second kappa shape index (κ2) is 7.55. The van der Waals surface area contributed by atoms with Crippen LogP contribution in [-0.2, 0) is 0 Å². The molecule has 1 aromatic heterocycles. The summed E-state index contributed by atoms with van der Waals surface area (Å²) in [4.78, 5) is 15.8. The zero-order chi connectivity index (χ0) is 17.1. The Bertz CT molecular complexity index is 789. The van der Waals surface area contributed by atoms with E-state index in [-0.39, 0.29) is 26.6 Å². The second-order valence-electron chi connectivity index (χ2n) is 4.13. The number of carbonyl (C=O) groups excluding carboxylic acids is 1. The molecule has 2 rings (SSSR count). The molecule has 0 saturated carbocycles. The minimum absolute atomic E-state index is 0.0282. The third-order valence-electron chi connectivity index (χ3n) is 2.65.